The van der Waals surface area contributed by atoms with Crippen LogP contribution in [0.25, 0.3) is 11.3 Å². The second-order valence-electron chi connectivity index (χ2n) is 4.45. The van der Waals surface area contributed by atoms with Crippen LogP contribution in [0.1, 0.15) is 0 Å². The van der Waals surface area contributed by atoms with Gasteiger partial charge in [-0.05, 0) is 12.1 Å². The largest absolute Gasteiger partial charge is 0.370 e. The molecule has 1 aromatic carbocycles. The van der Waals surface area contributed by atoms with Gasteiger partial charge in [0.2, 0.25) is 12.2 Å². The van der Waals surface area contributed by atoms with E-state index in [0.717, 1.165) is 16.9 Å². The monoisotopic (exact) mass is 328 g/mol. The second-order valence-corrected chi connectivity index (χ2v) is 5.31. The third-order valence-corrected chi connectivity index (χ3v) is 3.78. The number of hydrogen-bond donors (Lipinski definition) is 3. The van der Waals surface area contributed by atoms with Gasteiger partial charge < -0.3 is 21.7 Å². The van der Waals surface area contributed by atoms with Crippen molar-refractivity contribution in [1.29, 1.82) is 5.26 Å². The molecule has 118 valence electrons. The molecule has 0 fully saturated rings. The molecule has 9 heteroatoms. The number of benzene rings is 1. The Labute approximate surface area is 137 Å². The summed E-state index contributed by atoms with van der Waals surface area (Å²) in [4.78, 5) is 13.4. The zero-order chi connectivity index (χ0) is 16.8. The lowest BCUT2D eigenvalue weighted by molar-refractivity contribution is 1.22. The number of guanidine groups is 2. The molecule has 0 amide bonds. The van der Waals surface area contributed by atoms with Gasteiger partial charge in [0, 0.05) is 30.7 Å². The standard InChI is InChI=1S/C14H16N8S/c1-18-12(16)21-14-20-11(7-23-14)9-4-3-5-10(6-9)22(2)13(17)19-8-15/h3-7H,1-2H3,(H2,17,19)(H3,16,18,20,21). The Balaban J connectivity index is 2.27. The second kappa shape index (κ2) is 7.24. The lowest BCUT2D eigenvalue weighted by Crippen LogP contribution is -2.33. The fraction of sp³-hybridized carbons (Fsp3) is 0.143. The van der Waals surface area contributed by atoms with E-state index in [2.05, 4.69) is 20.3 Å². The van der Waals surface area contributed by atoms with Crippen LogP contribution < -0.4 is 21.7 Å². The highest BCUT2D eigenvalue weighted by Gasteiger charge is 2.09. The Morgan fingerprint density at radius 1 is 1.43 bits per heavy atom. The van der Waals surface area contributed by atoms with E-state index in [-0.39, 0.29) is 5.96 Å². The van der Waals surface area contributed by atoms with Crippen molar-refractivity contribution in [2.24, 2.45) is 21.5 Å². The molecular weight excluding hydrogens is 312 g/mol. The Hall–Kier alpha value is -3.12. The molecule has 23 heavy (non-hydrogen) atoms. The number of aromatic nitrogens is 1. The highest BCUT2D eigenvalue weighted by atomic mass is 32.1. The average Bonchev–Trinajstić information content (AvgIpc) is 3.02. The van der Waals surface area contributed by atoms with Gasteiger partial charge in [0.25, 0.3) is 0 Å². The molecule has 5 N–H and O–H groups in total. The van der Waals surface area contributed by atoms with Gasteiger partial charge in [-0.1, -0.05) is 12.1 Å². The van der Waals surface area contributed by atoms with Crippen LogP contribution in [-0.2, 0) is 0 Å². The summed E-state index contributed by atoms with van der Waals surface area (Å²) in [5.41, 5.74) is 13.9. The maximum absolute atomic E-state index is 8.58. The van der Waals surface area contributed by atoms with Crippen LogP contribution in [0.4, 0.5) is 10.8 Å². The maximum atomic E-state index is 8.58. The molecule has 2 aromatic rings. The van der Waals surface area contributed by atoms with Gasteiger partial charge >= 0.3 is 0 Å². The van der Waals surface area contributed by atoms with Crippen LogP contribution in [0.5, 0.6) is 0 Å². The Morgan fingerprint density at radius 2 is 2.22 bits per heavy atom. The van der Waals surface area contributed by atoms with E-state index in [1.54, 1.807) is 25.2 Å². The van der Waals surface area contributed by atoms with Gasteiger partial charge in [-0.15, -0.1) is 16.3 Å². The predicted molar refractivity (Wildman–Crippen MR) is 94.4 cm³/mol. The van der Waals surface area contributed by atoms with Crippen molar-refractivity contribution < 1.29 is 0 Å². The number of nitrogens with zero attached hydrogens (tertiary/aromatic N) is 5. The summed E-state index contributed by atoms with van der Waals surface area (Å²) < 4.78 is 0. The number of anilines is 2. The topological polar surface area (TPSA) is 129 Å². The summed E-state index contributed by atoms with van der Waals surface area (Å²) in [6.45, 7) is 0. The number of aliphatic imine (C=N–C) groups is 2. The summed E-state index contributed by atoms with van der Waals surface area (Å²) in [6.07, 6.45) is 1.67. The van der Waals surface area contributed by atoms with Gasteiger partial charge in [-0.3, -0.25) is 4.99 Å². The van der Waals surface area contributed by atoms with Crippen LogP contribution in [-0.4, -0.2) is 31.0 Å². The molecular formula is C14H16N8S. The van der Waals surface area contributed by atoms with Gasteiger partial charge in [0.1, 0.15) is 0 Å². The maximum Gasteiger partial charge on any atom is 0.211 e. The molecule has 0 aliphatic rings. The number of nitrogens with two attached hydrogens (primary N) is 2. The van der Waals surface area contributed by atoms with Gasteiger partial charge in [0.15, 0.2) is 11.1 Å². The quantitative estimate of drug-likeness (QED) is 0.444. The lowest BCUT2D eigenvalue weighted by atomic mass is 10.1. The first-order valence-electron chi connectivity index (χ1n) is 6.56. The third kappa shape index (κ3) is 3.96. The minimum atomic E-state index is 0.122. The van der Waals surface area contributed by atoms with Crippen LogP contribution >= 0.6 is 11.3 Å². The van der Waals surface area contributed by atoms with E-state index in [4.69, 9.17) is 16.7 Å². The Kier molecular flexibility index (Phi) is 5.11. The van der Waals surface area contributed by atoms with Gasteiger partial charge in [-0.2, -0.15) is 5.26 Å². The summed E-state index contributed by atoms with van der Waals surface area (Å²) in [6, 6.07) is 7.60. The number of rotatable bonds is 3. The van der Waals surface area contributed by atoms with Crippen molar-refractivity contribution in [3.8, 4) is 17.5 Å². The highest BCUT2D eigenvalue weighted by molar-refractivity contribution is 7.14. The van der Waals surface area contributed by atoms with E-state index in [1.165, 1.54) is 11.3 Å². The van der Waals surface area contributed by atoms with E-state index >= 15 is 0 Å². The molecule has 0 saturated heterocycles. The van der Waals surface area contributed by atoms with Crippen molar-refractivity contribution >= 4 is 34.1 Å². The average molecular weight is 328 g/mol. The molecule has 1 heterocycles. The van der Waals surface area contributed by atoms with Gasteiger partial charge in [-0.25, -0.2) is 4.98 Å². The zero-order valence-corrected chi connectivity index (χ0v) is 13.5. The molecule has 0 aliphatic heterocycles. The van der Waals surface area contributed by atoms with Crippen molar-refractivity contribution in [2.75, 3.05) is 24.3 Å². The molecule has 2 rings (SSSR count). The fourth-order valence-electron chi connectivity index (χ4n) is 1.76. The normalized spacial score (nSPS) is 11.9. The van der Waals surface area contributed by atoms with Gasteiger partial charge in [0.05, 0.1) is 5.69 Å². The minimum absolute atomic E-state index is 0.122. The smallest absolute Gasteiger partial charge is 0.211 e. The summed E-state index contributed by atoms with van der Waals surface area (Å²) in [5.74, 6) is 0.428. The first-order valence-corrected chi connectivity index (χ1v) is 7.44. The SMILES string of the molecule is CN=C(N)Nc1nc(-c2cccc(N(C)C(N)=NC#N)c2)cs1. The van der Waals surface area contributed by atoms with Crippen molar-refractivity contribution in [2.45, 2.75) is 0 Å². The molecule has 0 bridgehead atoms. The van der Waals surface area contributed by atoms with Crippen LogP contribution in [0.3, 0.4) is 0 Å². The highest BCUT2D eigenvalue weighted by Crippen LogP contribution is 2.27. The molecule has 0 atom stereocenters. The van der Waals surface area contributed by atoms with E-state index in [9.17, 15) is 0 Å². The fourth-order valence-corrected chi connectivity index (χ4v) is 2.49. The van der Waals surface area contributed by atoms with Crippen LogP contribution in [0.2, 0.25) is 0 Å². The summed E-state index contributed by atoms with van der Waals surface area (Å²) in [5, 5.41) is 14.1. The van der Waals surface area contributed by atoms with Crippen LogP contribution in [0.15, 0.2) is 39.6 Å². The molecule has 0 saturated carbocycles. The third-order valence-electron chi connectivity index (χ3n) is 3.02. The van der Waals surface area contributed by atoms with Crippen molar-refractivity contribution in [1.82, 2.24) is 4.98 Å². The first kappa shape index (κ1) is 16.3. The first-order chi connectivity index (χ1) is 11.0. The number of thiazole rings is 1. The van der Waals surface area contributed by atoms with Crippen molar-refractivity contribution in [3.05, 3.63) is 29.6 Å². The number of nitriles is 1. The summed E-state index contributed by atoms with van der Waals surface area (Å²) in [7, 11) is 3.34. The number of hydrogen-bond acceptors (Lipinski definition) is 5. The molecule has 1 aromatic heterocycles. The number of nitrogens with one attached hydrogen (secondary N) is 1. The lowest BCUT2D eigenvalue weighted by Gasteiger charge is -2.17. The van der Waals surface area contributed by atoms with E-state index < -0.39 is 0 Å². The van der Waals surface area contributed by atoms with E-state index in [0.29, 0.717) is 11.1 Å². The zero-order valence-electron chi connectivity index (χ0n) is 12.7. The molecule has 0 aliphatic carbocycles. The predicted octanol–water partition coefficient (Wildman–Crippen LogP) is 1.40. The minimum Gasteiger partial charge on any atom is -0.370 e. The molecule has 8 nitrogen and oxygen atoms in total. The van der Waals surface area contributed by atoms with Crippen LogP contribution in [0, 0.1) is 11.5 Å². The molecule has 0 spiro atoms. The van der Waals surface area contributed by atoms with Crippen molar-refractivity contribution in [3.63, 3.8) is 0 Å². The molecule has 0 unspecified atom stereocenters. The van der Waals surface area contributed by atoms with E-state index in [1.807, 2.05) is 29.6 Å². The summed E-state index contributed by atoms with van der Waals surface area (Å²) >= 11 is 1.43. The Bertz CT molecular complexity index is 786. The Morgan fingerprint density at radius 3 is 2.91 bits per heavy atom. The molecule has 0 radical (unpaired) electrons.